The molecule has 1 unspecified atom stereocenters. The lowest BCUT2D eigenvalue weighted by atomic mass is 9.89. The summed E-state index contributed by atoms with van der Waals surface area (Å²) in [6, 6.07) is 5.83. The van der Waals surface area contributed by atoms with E-state index in [1.165, 1.54) is 0 Å². The molecule has 0 saturated carbocycles. The number of H-pyrrole nitrogens is 1. The number of ether oxygens (including phenoxy) is 2. The van der Waals surface area contributed by atoms with Crippen molar-refractivity contribution in [3.8, 4) is 11.5 Å². The fraction of sp³-hybridized carbons (Fsp3) is 0.474. The zero-order valence-corrected chi connectivity index (χ0v) is 15.0. The van der Waals surface area contributed by atoms with E-state index in [9.17, 15) is 4.79 Å². The number of nitrogens with one attached hydrogen (secondary N) is 2. The van der Waals surface area contributed by atoms with E-state index >= 15 is 0 Å². The van der Waals surface area contributed by atoms with Crippen LogP contribution in [0.5, 0.6) is 11.5 Å². The van der Waals surface area contributed by atoms with Crippen LogP contribution in [-0.2, 0) is 24.1 Å². The molecule has 0 spiro atoms. The Morgan fingerprint density at radius 1 is 1.32 bits per heavy atom. The number of hydrogen-bond donors (Lipinski definition) is 2. The van der Waals surface area contributed by atoms with Gasteiger partial charge in [0.25, 0.3) is 0 Å². The van der Waals surface area contributed by atoms with E-state index in [1.807, 2.05) is 25.1 Å². The van der Waals surface area contributed by atoms with Gasteiger partial charge in [-0.05, 0) is 43.9 Å². The first-order chi connectivity index (χ1) is 12.1. The van der Waals surface area contributed by atoms with Gasteiger partial charge in [-0.2, -0.15) is 0 Å². The quantitative estimate of drug-likeness (QED) is 0.843. The van der Waals surface area contributed by atoms with Gasteiger partial charge in [0.15, 0.2) is 11.5 Å². The Kier molecular flexibility index (Phi) is 5.26. The van der Waals surface area contributed by atoms with Crippen molar-refractivity contribution in [1.82, 2.24) is 15.3 Å². The zero-order chi connectivity index (χ0) is 17.8. The van der Waals surface area contributed by atoms with Crippen LogP contribution >= 0.6 is 0 Å². The van der Waals surface area contributed by atoms with Crippen molar-refractivity contribution in [3.05, 3.63) is 41.0 Å². The minimum absolute atomic E-state index is 0.0257. The molecule has 0 radical (unpaired) electrons. The Hall–Kier alpha value is -2.50. The predicted octanol–water partition coefficient (Wildman–Crippen LogP) is 2.20. The standard InChI is InChI=1S/C19H25N3O3/c1-12-21-15-6-5-14(11-16(15)22-12)19(23)20-9-8-13-4-7-17(24-2)18(10-13)25-3/h4,7,10,14H,5-6,8-9,11H2,1-3H3,(H,20,23)(H,21,22). The molecule has 2 aromatic rings. The number of hydrogen-bond acceptors (Lipinski definition) is 4. The van der Waals surface area contributed by atoms with E-state index in [2.05, 4.69) is 15.3 Å². The Morgan fingerprint density at radius 2 is 2.12 bits per heavy atom. The van der Waals surface area contributed by atoms with Crippen molar-refractivity contribution in [3.63, 3.8) is 0 Å². The number of carbonyl (C=O) groups is 1. The van der Waals surface area contributed by atoms with Gasteiger partial charge in [-0.25, -0.2) is 4.98 Å². The highest BCUT2D eigenvalue weighted by molar-refractivity contribution is 5.79. The van der Waals surface area contributed by atoms with Crippen LogP contribution in [0.15, 0.2) is 18.2 Å². The summed E-state index contributed by atoms with van der Waals surface area (Å²) in [6.07, 6.45) is 3.23. The van der Waals surface area contributed by atoms with Crippen LogP contribution in [0.3, 0.4) is 0 Å². The smallest absolute Gasteiger partial charge is 0.223 e. The first kappa shape index (κ1) is 17.3. The van der Waals surface area contributed by atoms with Gasteiger partial charge in [0.2, 0.25) is 5.91 Å². The minimum Gasteiger partial charge on any atom is -0.493 e. The number of imidazole rings is 1. The lowest BCUT2D eigenvalue weighted by Crippen LogP contribution is -2.35. The van der Waals surface area contributed by atoms with Crippen LogP contribution in [0.4, 0.5) is 0 Å². The Labute approximate surface area is 147 Å². The first-order valence-electron chi connectivity index (χ1n) is 8.63. The zero-order valence-electron chi connectivity index (χ0n) is 15.0. The summed E-state index contributed by atoms with van der Waals surface area (Å²) in [4.78, 5) is 20.2. The number of benzene rings is 1. The second-order valence-corrected chi connectivity index (χ2v) is 6.42. The topological polar surface area (TPSA) is 76.2 Å². The van der Waals surface area contributed by atoms with Crippen LogP contribution in [0.25, 0.3) is 0 Å². The molecule has 25 heavy (non-hydrogen) atoms. The van der Waals surface area contributed by atoms with Crippen LogP contribution in [0.1, 0.15) is 29.2 Å². The number of methoxy groups -OCH3 is 2. The fourth-order valence-electron chi connectivity index (χ4n) is 3.36. The second kappa shape index (κ2) is 7.59. The number of fused-ring (bicyclic) bond motifs is 1. The molecule has 3 rings (SSSR count). The van der Waals surface area contributed by atoms with E-state index < -0.39 is 0 Å². The van der Waals surface area contributed by atoms with Crippen molar-refractivity contribution in [2.45, 2.75) is 32.6 Å². The third-order valence-electron chi connectivity index (χ3n) is 4.69. The molecular weight excluding hydrogens is 318 g/mol. The molecule has 0 fully saturated rings. The number of aromatic amines is 1. The summed E-state index contributed by atoms with van der Waals surface area (Å²) in [5.74, 6) is 2.50. The number of rotatable bonds is 6. The highest BCUT2D eigenvalue weighted by Gasteiger charge is 2.26. The van der Waals surface area contributed by atoms with Crippen molar-refractivity contribution >= 4 is 5.91 Å². The second-order valence-electron chi connectivity index (χ2n) is 6.42. The Morgan fingerprint density at radius 3 is 2.88 bits per heavy atom. The minimum atomic E-state index is 0.0257. The summed E-state index contributed by atoms with van der Waals surface area (Å²) < 4.78 is 10.6. The van der Waals surface area contributed by atoms with E-state index in [4.69, 9.17) is 9.47 Å². The maximum absolute atomic E-state index is 12.4. The lowest BCUT2D eigenvalue weighted by molar-refractivity contribution is -0.125. The molecule has 1 aliphatic carbocycles. The van der Waals surface area contributed by atoms with Crippen molar-refractivity contribution in [1.29, 1.82) is 0 Å². The number of aromatic nitrogens is 2. The molecule has 0 aliphatic heterocycles. The van der Waals surface area contributed by atoms with Crippen molar-refractivity contribution in [2.75, 3.05) is 20.8 Å². The largest absolute Gasteiger partial charge is 0.493 e. The monoisotopic (exact) mass is 343 g/mol. The Balaban J connectivity index is 1.51. The summed E-state index contributed by atoms with van der Waals surface area (Å²) in [5.41, 5.74) is 3.34. The number of amides is 1. The molecule has 0 saturated heterocycles. The van der Waals surface area contributed by atoms with Gasteiger partial charge >= 0.3 is 0 Å². The van der Waals surface area contributed by atoms with E-state index in [-0.39, 0.29) is 11.8 Å². The highest BCUT2D eigenvalue weighted by Crippen LogP contribution is 2.27. The molecule has 1 aromatic heterocycles. The molecular formula is C19H25N3O3. The maximum atomic E-state index is 12.4. The lowest BCUT2D eigenvalue weighted by Gasteiger charge is -2.20. The molecule has 6 heteroatoms. The summed E-state index contributed by atoms with van der Waals surface area (Å²) in [6.45, 7) is 2.57. The first-order valence-corrected chi connectivity index (χ1v) is 8.63. The summed E-state index contributed by atoms with van der Waals surface area (Å²) >= 11 is 0. The molecule has 1 atom stereocenters. The van der Waals surface area contributed by atoms with Crippen LogP contribution in [0.2, 0.25) is 0 Å². The molecule has 1 amide bonds. The molecule has 6 nitrogen and oxygen atoms in total. The third kappa shape index (κ3) is 3.95. The number of nitrogens with zero attached hydrogens (tertiary/aromatic N) is 1. The maximum Gasteiger partial charge on any atom is 0.223 e. The molecule has 1 heterocycles. The van der Waals surface area contributed by atoms with Gasteiger partial charge in [0, 0.05) is 24.6 Å². The molecule has 0 bridgehead atoms. The van der Waals surface area contributed by atoms with E-state index in [1.54, 1.807) is 14.2 Å². The van der Waals surface area contributed by atoms with Gasteiger partial charge in [-0.15, -0.1) is 0 Å². The summed E-state index contributed by atoms with van der Waals surface area (Å²) in [5, 5.41) is 3.06. The average Bonchev–Trinajstić information content (AvgIpc) is 3.00. The predicted molar refractivity (Wildman–Crippen MR) is 95.1 cm³/mol. The van der Waals surface area contributed by atoms with Crippen molar-refractivity contribution in [2.24, 2.45) is 5.92 Å². The molecule has 1 aromatic carbocycles. The molecule has 2 N–H and O–H groups in total. The van der Waals surface area contributed by atoms with Crippen LogP contribution < -0.4 is 14.8 Å². The number of aryl methyl sites for hydroxylation is 2. The Bertz CT molecular complexity index is 754. The van der Waals surface area contributed by atoms with Gasteiger partial charge in [0.1, 0.15) is 5.82 Å². The van der Waals surface area contributed by atoms with E-state index in [0.29, 0.717) is 18.0 Å². The van der Waals surface area contributed by atoms with Crippen molar-refractivity contribution < 1.29 is 14.3 Å². The van der Waals surface area contributed by atoms with Gasteiger partial charge in [-0.3, -0.25) is 4.79 Å². The van der Waals surface area contributed by atoms with Gasteiger partial charge in [-0.1, -0.05) is 6.07 Å². The third-order valence-corrected chi connectivity index (χ3v) is 4.69. The average molecular weight is 343 g/mol. The van der Waals surface area contributed by atoms with Crippen LogP contribution in [-0.4, -0.2) is 36.6 Å². The SMILES string of the molecule is COc1ccc(CCNC(=O)C2CCc3nc(C)[nH]c3C2)cc1OC. The van der Waals surface area contributed by atoms with E-state index in [0.717, 1.165) is 48.5 Å². The normalized spacial score (nSPS) is 16.2. The highest BCUT2D eigenvalue weighted by atomic mass is 16.5. The number of carbonyl (C=O) groups excluding carboxylic acids is 1. The molecule has 1 aliphatic rings. The summed E-state index contributed by atoms with van der Waals surface area (Å²) in [7, 11) is 3.24. The molecule has 134 valence electrons. The van der Waals surface area contributed by atoms with Gasteiger partial charge < -0.3 is 19.8 Å². The van der Waals surface area contributed by atoms with Crippen LogP contribution in [0, 0.1) is 12.8 Å². The fourth-order valence-corrected chi connectivity index (χ4v) is 3.36. The van der Waals surface area contributed by atoms with Gasteiger partial charge in [0.05, 0.1) is 19.9 Å².